The van der Waals surface area contributed by atoms with Gasteiger partial charge in [0.2, 0.25) is 0 Å². The van der Waals surface area contributed by atoms with Gasteiger partial charge in [-0.15, -0.1) is 0 Å². The molecule has 0 amide bonds. The van der Waals surface area contributed by atoms with Gasteiger partial charge in [-0.3, -0.25) is 9.13 Å². The van der Waals surface area contributed by atoms with Crippen LogP contribution in [0.3, 0.4) is 0 Å². The largest absolute Gasteiger partial charge is 0.478 e. The summed E-state index contributed by atoms with van der Waals surface area (Å²) >= 11 is 0. The van der Waals surface area contributed by atoms with Crippen LogP contribution >= 0.6 is 0 Å². The van der Waals surface area contributed by atoms with E-state index in [1.807, 2.05) is 6.92 Å². The topological polar surface area (TPSA) is 64.2 Å². The number of carbonyl (C=O) groups is 1. The van der Waals surface area contributed by atoms with E-state index in [4.69, 9.17) is 5.11 Å². The third kappa shape index (κ3) is 2.85. The van der Waals surface area contributed by atoms with Crippen LogP contribution in [0.4, 0.5) is 0 Å². The van der Waals surface area contributed by atoms with Gasteiger partial charge in [0.15, 0.2) is 0 Å². The number of aliphatic carboxylic acids is 1. The maximum Gasteiger partial charge on any atom is 0.331 e. The Hall–Kier alpha value is -1.78. The summed E-state index contributed by atoms with van der Waals surface area (Å²) in [6.45, 7) is 4.50. The highest BCUT2D eigenvalue weighted by atomic mass is 16.4. The van der Waals surface area contributed by atoms with Gasteiger partial charge in [0.05, 0.1) is 0 Å². The molecule has 88 valence electrons. The summed E-state index contributed by atoms with van der Waals surface area (Å²) in [4.78, 5) is 22.2. The third-order valence-electron chi connectivity index (χ3n) is 2.31. The first-order valence-corrected chi connectivity index (χ1v) is 5.22. The second-order valence-corrected chi connectivity index (χ2v) is 3.62. The summed E-state index contributed by atoms with van der Waals surface area (Å²) in [6.07, 6.45) is 5.81. The van der Waals surface area contributed by atoms with Gasteiger partial charge in [-0.05, 0) is 13.3 Å². The predicted octanol–water partition coefficient (Wildman–Crippen LogP) is 1.09. The Balaban J connectivity index is 2.80. The number of carboxylic acids is 1. The predicted molar refractivity (Wildman–Crippen MR) is 60.4 cm³/mol. The van der Waals surface area contributed by atoms with Crippen LogP contribution < -0.4 is 5.69 Å². The van der Waals surface area contributed by atoms with Crippen LogP contribution in [0.2, 0.25) is 0 Å². The minimum atomic E-state index is -0.957. The van der Waals surface area contributed by atoms with E-state index in [-0.39, 0.29) is 11.3 Å². The maximum absolute atomic E-state index is 11.7. The van der Waals surface area contributed by atoms with E-state index in [2.05, 4.69) is 0 Å². The van der Waals surface area contributed by atoms with Crippen LogP contribution in [0.1, 0.15) is 20.3 Å². The molecular formula is C11H16N2O3. The molecule has 1 aromatic rings. The molecule has 0 bridgehead atoms. The van der Waals surface area contributed by atoms with Crippen molar-refractivity contribution >= 4 is 5.97 Å². The average Bonchev–Trinajstić information content (AvgIpc) is 2.58. The molecule has 0 aromatic carbocycles. The Morgan fingerprint density at radius 2 is 2.06 bits per heavy atom. The number of aryl methyl sites for hydroxylation is 1. The van der Waals surface area contributed by atoms with Crippen molar-refractivity contribution in [1.29, 1.82) is 0 Å². The third-order valence-corrected chi connectivity index (χ3v) is 2.31. The Morgan fingerprint density at radius 3 is 2.62 bits per heavy atom. The molecule has 5 nitrogen and oxygen atoms in total. The fourth-order valence-corrected chi connectivity index (χ4v) is 1.33. The maximum atomic E-state index is 11.7. The van der Waals surface area contributed by atoms with Gasteiger partial charge in [0.1, 0.15) is 0 Å². The van der Waals surface area contributed by atoms with E-state index in [9.17, 15) is 9.59 Å². The first kappa shape index (κ1) is 12.3. The molecule has 1 N–H and O–H groups in total. The molecule has 0 radical (unpaired) electrons. The van der Waals surface area contributed by atoms with Gasteiger partial charge in [-0.1, -0.05) is 13.0 Å². The van der Waals surface area contributed by atoms with Gasteiger partial charge in [0.25, 0.3) is 0 Å². The van der Waals surface area contributed by atoms with Crippen molar-refractivity contribution in [3.05, 3.63) is 34.5 Å². The Labute approximate surface area is 93.6 Å². The Kier molecular flexibility index (Phi) is 4.10. The molecule has 0 atom stereocenters. The molecular weight excluding hydrogens is 208 g/mol. The summed E-state index contributed by atoms with van der Waals surface area (Å²) in [7, 11) is 0. The fourth-order valence-electron chi connectivity index (χ4n) is 1.33. The number of nitrogens with zero attached hydrogens (tertiary/aromatic N) is 2. The van der Waals surface area contributed by atoms with Gasteiger partial charge in [-0.25, -0.2) is 9.59 Å². The summed E-state index contributed by atoms with van der Waals surface area (Å²) in [5.74, 6) is -0.957. The van der Waals surface area contributed by atoms with Crippen molar-refractivity contribution in [1.82, 2.24) is 9.13 Å². The zero-order valence-corrected chi connectivity index (χ0v) is 9.51. The second kappa shape index (κ2) is 5.34. The molecule has 0 unspecified atom stereocenters. The lowest BCUT2D eigenvalue weighted by atomic mass is 10.3. The van der Waals surface area contributed by atoms with Crippen LogP contribution in [-0.2, 0) is 17.9 Å². The molecule has 0 fully saturated rings. The van der Waals surface area contributed by atoms with Crippen molar-refractivity contribution in [2.75, 3.05) is 0 Å². The van der Waals surface area contributed by atoms with E-state index in [1.54, 1.807) is 17.0 Å². The SMILES string of the molecule is CCCn1ccn(C/C=C(/C)C(=O)O)c1=O. The highest BCUT2D eigenvalue weighted by Gasteiger charge is 2.02. The number of aromatic nitrogens is 2. The molecule has 1 heterocycles. The van der Waals surface area contributed by atoms with Gasteiger partial charge in [-0.2, -0.15) is 0 Å². The quantitative estimate of drug-likeness (QED) is 0.761. The molecule has 0 aliphatic heterocycles. The monoisotopic (exact) mass is 224 g/mol. The van der Waals surface area contributed by atoms with Crippen LogP contribution in [0.15, 0.2) is 28.8 Å². The van der Waals surface area contributed by atoms with E-state index in [0.29, 0.717) is 13.1 Å². The molecule has 0 aliphatic rings. The van der Waals surface area contributed by atoms with E-state index in [1.165, 1.54) is 17.6 Å². The van der Waals surface area contributed by atoms with Gasteiger partial charge < -0.3 is 5.11 Å². The van der Waals surface area contributed by atoms with Crippen molar-refractivity contribution in [3.63, 3.8) is 0 Å². The minimum absolute atomic E-state index is 0.101. The molecule has 16 heavy (non-hydrogen) atoms. The summed E-state index contributed by atoms with van der Waals surface area (Å²) < 4.78 is 3.10. The van der Waals surface area contributed by atoms with Crippen LogP contribution in [0.5, 0.6) is 0 Å². The number of hydrogen-bond acceptors (Lipinski definition) is 2. The summed E-state index contributed by atoms with van der Waals surface area (Å²) in [5.41, 5.74) is 0.145. The smallest absolute Gasteiger partial charge is 0.331 e. The van der Waals surface area contributed by atoms with E-state index < -0.39 is 5.97 Å². The zero-order valence-electron chi connectivity index (χ0n) is 9.51. The number of rotatable bonds is 5. The summed E-state index contributed by atoms with van der Waals surface area (Å²) in [6, 6.07) is 0. The van der Waals surface area contributed by atoms with Crippen molar-refractivity contribution in [3.8, 4) is 0 Å². The number of imidazole rings is 1. The number of carboxylic acid groups (broad SMARTS) is 1. The lowest BCUT2D eigenvalue weighted by Crippen LogP contribution is -2.23. The molecule has 0 saturated carbocycles. The van der Waals surface area contributed by atoms with E-state index >= 15 is 0 Å². The average molecular weight is 224 g/mol. The highest BCUT2D eigenvalue weighted by Crippen LogP contribution is 1.94. The number of allylic oxidation sites excluding steroid dienone is 1. The molecule has 0 saturated heterocycles. The lowest BCUT2D eigenvalue weighted by molar-refractivity contribution is -0.132. The molecule has 0 aliphatic carbocycles. The lowest BCUT2D eigenvalue weighted by Gasteiger charge is -1.98. The van der Waals surface area contributed by atoms with Crippen LogP contribution in [0.25, 0.3) is 0 Å². The van der Waals surface area contributed by atoms with Crippen LogP contribution in [0, 0.1) is 0 Å². The van der Waals surface area contributed by atoms with Crippen LogP contribution in [-0.4, -0.2) is 20.2 Å². The zero-order chi connectivity index (χ0) is 12.1. The highest BCUT2D eigenvalue weighted by molar-refractivity contribution is 5.85. The Morgan fingerprint density at radius 1 is 1.44 bits per heavy atom. The van der Waals surface area contributed by atoms with Crippen molar-refractivity contribution < 1.29 is 9.90 Å². The second-order valence-electron chi connectivity index (χ2n) is 3.62. The van der Waals surface area contributed by atoms with Gasteiger partial charge >= 0.3 is 11.7 Å². The molecule has 5 heteroatoms. The summed E-state index contributed by atoms with van der Waals surface area (Å²) in [5, 5.41) is 8.66. The first-order valence-electron chi connectivity index (χ1n) is 5.22. The minimum Gasteiger partial charge on any atom is -0.478 e. The normalized spacial score (nSPS) is 11.8. The fraction of sp³-hybridized carbons (Fsp3) is 0.455. The van der Waals surface area contributed by atoms with Crippen molar-refractivity contribution in [2.24, 2.45) is 0 Å². The first-order chi connectivity index (χ1) is 7.56. The van der Waals surface area contributed by atoms with Crippen molar-refractivity contribution in [2.45, 2.75) is 33.4 Å². The molecule has 1 rings (SSSR count). The number of hydrogen-bond donors (Lipinski definition) is 1. The molecule has 1 aromatic heterocycles. The van der Waals surface area contributed by atoms with Gasteiger partial charge in [0, 0.05) is 31.1 Å². The standard InChI is InChI=1S/C11H16N2O3/c1-3-5-12-7-8-13(11(12)16)6-4-9(2)10(14)15/h4,7-8H,3,5-6H2,1-2H3,(H,14,15)/b9-4-. The van der Waals surface area contributed by atoms with E-state index in [0.717, 1.165) is 6.42 Å². The molecule has 0 spiro atoms. The Bertz CT molecular complexity index is 454.